The summed E-state index contributed by atoms with van der Waals surface area (Å²) in [4.78, 5) is 14.4. The summed E-state index contributed by atoms with van der Waals surface area (Å²) in [5.74, 6) is -1.74. The van der Waals surface area contributed by atoms with Crippen molar-refractivity contribution in [3.63, 3.8) is 0 Å². The van der Waals surface area contributed by atoms with E-state index in [9.17, 15) is 9.18 Å². The van der Waals surface area contributed by atoms with Gasteiger partial charge in [-0.05, 0) is 12.1 Å². The van der Waals surface area contributed by atoms with Crippen molar-refractivity contribution in [2.45, 2.75) is 6.61 Å². The summed E-state index contributed by atoms with van der Waals surface area (Å²) >= 11 is 6.76. The molecule has 1 heterocycles. The van der Waals surface area contributed by atoms with Crippen molar-refractivity contribution in [3.05, 3.63) is 45.1 Å². The summed E-state index contributed by atoms with van der Waals surface area (Å²) in [5, 5.41) is 10.4. The number of carboxylic acid groups (broad SMARTS) is 1. The van der Waals surface area contributed by atoms with Crippen LogP contribution < -0.4 is 4.74 Å². The van der Waals surface area contributed by atoms with Crippen LogP contribution >= 0.6 is 22.9 Å². The molecule has 1 aromatic heterocycles. The van der Waals surface area contributed by atoms with Crippen LogP contribution in [0.25, 0.3) is 0 Å². The number of rotatable bonds is 4. The van der Waals surface area contributed by atoms with Gasteiger partial charge in [0.05, 0.1) is 10.7 Å². The molecule has 0 aliphatic carbocycles. The molecular weight excluding hydrogens is 281 g/mol. The fourth-order valence-electron chi connectivity index (χ4n) is 1.24. The van der Waals surface area contributed by atoms with E-state index in [4.69, 9.17) is 21.4 Å². The van der Waals surface area contributed by atoms with Crippen molar-refractivity contribution in [2.24, 2.45) is 0 Å². The summed E-state index contributed by atoms with van der Waals surface area (Å²) in [6, 6.07) is 4.20. The van der Waals surface area contributed by atoms with Crippen LogP contribution in [0.1, 0.15) is 15.5 Å². The van der Waals surface area contributed by atoms with Gasteiger partial charge in [-0.3, -0.25) is 0 Å². The fourth-order valence-corrected chi connectivity index (χ4v) is 2.09. The minimum atomic E-state index is -1.10. The third kappa shape index (κ3) is 2.77. The number of ether oxygens (including phenoxy) is 1. The molecule has 1 N–H and O–H groups in total. The van der Waals surface area contributed by atoms with Gasteiger partial charge in [-0.25, -0.2) is 14.2 Å². The lowest BCUT2D eigenvalue weighted by molar-refractivity contribution is 0.0696. The number of halogens is 2. The van der Waals surface area contributed by atoms with Crippen LogP contribution in [0, 0.1) is 5.82 Å². The van der Waals surface area contributed by atoms with Gasteiger partial charge in [-0.2, -0.15) is 0 Å². The lowest BCUT2D eigenvalue weighted by Gasteiger charge is -2.06. The molecule has 7 heteroatoms. The molecule has 2 aromatic rings. The summed E-state index contributed by atoms with van der Waals surface area (Å²) in [6.07, 6.45) is 0. The second kappa shape index (κ2) is 5.32. The highest BCUT2D eigenvalue weighted by Crippen LogP contribution is 2.28. The molecule has 94 valence electrons. The predicted molar refractivity (Wildman–Crippen MR) is 64.8 cm³/mol. The molecule has 4 nitrogen and oxygen atoms in total. The van der Waals surface area contributed by atoms with E-state index >= 15 is 0 Å². The maximum Gasteiger partial charge on any atom is 0.365 e. The highest BCUT2D eigenvalue weighted by molar-refractivity contribution is 7.11. The van der Waals surface area contributed by atoms with Gasteiger partial charge in [0.2, 0.25) is 5.01 Å². The van der Waals surface area contributed by atoms with Crippen molar-refractivity contribution in [2.75, 3.05) is 0 Å². The van der Waals surface area contributed by atoms with Crippen LogP contribution in [0.5, 0.6) is 5.75 Å². The number of hydrogen-bond acceptors (Lipinski definition) is 4. The van der Waals surface area contributed by atoms with Crippen molar-refractivity contribution < 1.29 is 19.0 Å². The first kappa shape index (κ1) is 12.8. The predicted octanol–water partition coefficient (Wildman–Crippen LogP) is 3.21. The second-order valence-corrected chi connectivity index (χ2v) is 4.55. The quantitative estimate of drug-likeness (QED) is 0.938. The normalized spacial score (nSPS) is 10.3. The van der Waals surface area contributed by atoms with Crippen molar-refractivity contribution in [1.82, 2.24) is 4.98 Å². The van der Waals surface area contributed by atoms with E-state index in [1.807, 2.05) is 0 Å². The van der Waals surface area contributed by atoms with Gasteiger partial charge in [0, 0.05) is 5.38 Å². The molecule has 2 rings (SSSR count). The number of para-hydroxylation sites is 1. The molecule has 0 spiro atoms. The topological polar surface area (TPSA) is 59.4 Å². The number of hydrogen-bond donors (Lipinski definition) is 1. The van der Waals surface area contributed by atoms with Crippen LogP contribution in [0.15, 0.2) is 23.6 Å². The summed E-state index contributed by atoms with van der Waals surface area (Å²) in [6.45, 7) is -0.0373. The molecular formula is C11H7ClFNO3S. The molecule has 0 radical (unpaired) electrons. The summed E-state index contributed by atoms with van der Waals surface area (Å²) in [5.41, 5.74) is 0.414. The van der Waals surface area contributed by atoms with Crippen LogP contribution in [-0.4, -0.2) is 16.1 Å². The fraction of sp³-hybridized carbons (Fsp3) is 0.0909. The summed E-state index contributed by atoms with van der Waals surface area (Å²) in [7, 11) is 0. The highest BCUT2D eigenvalue weighted by atomic mass is 35.5. The van der Waals surface area contributed by atoms with Crippen LogP contribution in [-0.2, 0) is 6.61 Å². The minimum absolute atomic E-state index is 0.0340. The minimum Gasteiger partial charge on any atom is -0.483 e. The Labute approximate surface area is 111 Å². The number of carbonyl (C=O) groups is 1. The Balaban J connectivity index is 2.09. The molecule has 0 saturated carbocycles. The molecule has 0 saturated heterocycles. The van der Waals surface area contributed by atoms with E-state index in [-0.39, 0.29) is 22.4 Å². The Bertz CT molecular complexity index is 567. The van der Waals surface area contributed by atoms with Gasteiger partial charge in [0.1, 0.15) is 6.61 Å². The van der Waals surface area contributed by atoms with Gasteiger partial charge < -0.3 is 9.84 Å². The monoisotopic (exact) mass is 287 g/mol. The maximum absolute atomic E-state index is 13.4. The van der Waals surface area contributed by atoms with Crippen molar-refractivity contribution >= 4 is 28.9 Å². The number of benzene rings is 1. The SMILES string of the molecule is O=C(O)c1nc(COc2c(F)cccc2Cl)cs1. The largest absolute Gasteiger partial charge is 0.483 e. The van der Waals surface area contributed by atoms with Gasteiger partial charge in [-0.1, -0.05) is 17.7 Å². The van der Waals surface area contributed by atoms with Crippen molar-refractivity contribution in [3.8, 4) is 5.75 Å². The van der Waals surface area contributed by atoms with E-state index < -0.39 is 11.8 Å². The molecule has 0 bridgehead atoms. The number of aromatic nitrogens is 1. The molecule has 0 unspecified atom stereocenters. The highest BCUT2D eigenvalue weighted by Gasteiger charge is 2.12. The van der Waals surface area contributed by atoms with E-state index in [0.717, 1.165) is 11.3 Å². The van der Waals surface area contributed by atoms with Gasteiger partial charge in [0.25, 0.3) is 0 Å². The number of carboxylic acids is 1. The average molecular weight is 288 g/mol. The Morgan fingerprint density at radius 2 is 2.33 bits per heavy atom. The molecule has 18 heavy (non-hydrogen) atoms. The van der Waals surface area contributed by atoms with Crippen LogP contribution in [0.2, 0.25) is 5.02 Å². The Hall–Kier alpha value is -1.66. The smallest absolute Gasteiger partial charge is 0.365 e. The number of thiazole rings is 1. The van der Waals surface area contributed by atoms with E-state index in [1.54, 1.807) is 0 Å². The van der Waals surface area contributed by atoms with E-state index in [2.05, 4.69) is 4.98 Å². The standard InChI is InChI=1S/C11H7ClFNO3S/c12-7-2-1-3-8(13)9(7)17-4-6-5-18-10(14-6)11(15)16/h1-3,5H,4H2,(H,15,16). The Kier molecular flexibility index (Phi) is 3.78. The molecule has 0 fully saturated rings. The van der Waals surface area contributed by atoms with E-state index in [1.165, 1.54) is 23.6 Å². The van der Waals surface area contributed by atoms with Gasteiger partial charge >= 0.3 is 5.97 Å². The average Bonchev–Trinajstić information content (AvgIpc) is 2.77. The number of aromatic carboxylic acids is 1. The Morgan fingerprint density at radius 1 is 1.56 bits per heavy atom. The molecule has 0 amide bonds. The van der Waals surface area contributed by atoms with Gasteiger partial charge in [0.15, 0.2) is 11.6 Å². The zero-order valence-corrected chi connectivity index (χ0v) is 10.5. The van der Waals surface area contributed by atoms with E-state index in [0.29, 0.717) is 5.69 Å². The maximum atomic E-state index is 13.4. The second-order valence-electron chi connectivity index (χ2n) is 3.29. The van der Waals surface area contributed by atoms with Crippen LogP contribution in [0.3, 0.4) is 0 Å². The zero-order valence-electron chi connectivity index (χ0n) is 8.89. The third-order valence-corrected chi connectivity index (χ3v) is 3.19. The first-order valence-corrected chi connectivity index (χ1v) is 6.08. The third-order valence-electron chi connectivity index (χ3n) is 2.02. The van der Waals surface area contributed by atoms with Gasteiger partial charge in [-0.15, -0.1) is 11.3 Å². The molecule has 0 atom stereocenters. The lowest BCUT2D eigenvalue weighted by atomic mass is 10.3. The summed E-state index contributed by atoms with van der Waals surface area (Å²) < 4.78 is 18.6. The molecule has 0 aliphatic rings. The zero-order chi connectivity index (χ0) is 13.1. The first-order chi connectivity index (χ1) is 8.58. The van der Waals surface area contributed by atoms with Crippen molar-refractivity contribution in [1.29, 1.82) is 0 Å². The lowest BCUT2D eigenvalue weighted by Crippen LogP contribution is -2.00. The Morgan fingerprint density at radius 3 is 2.94 bits per heavy atom. The van der Waals surface area contributed by atoms with Crippen LogP contribution in [0.4, 0.5) is 4.39 Å². The molecule has 1 aromatic carbocycles. The number of nitrogens with zero attached hydrogens (tertiary/aromatic N) is 1. The molecule has 0 aliphatic heterocycles. The first-order valence-electron chi connectivity index (χ1n) is 4.82.